The fourth-order valence-corrected chi connectivity index (χ4v) is 2.32. The first-order valence-electron chi connectivity index (χ1n) is 8.08. The highest BCUT2D eigenvalue weighted by atomic mass is 19.1. The molecule has 0 aliphatic rings. The lowest BCUT2D eigenvalue weighted by Gasteiger charge is -2.09. The first-order valence-corrected chi connectivity index (χ1v) is 8.08. The van der Waals surface area contributed by atoms with Crippen LogP contribution in [0.4, 0.5) is 4.39 Å². The van der Waals surface area contributed by atoms with E-state index in [1.165, 1.54) is 24.3 Å². The molecule has 0 aliphatic heterocycles. The van der Waals surface area contributed by atoms with Crippen molar-refractivity contribution >= 4 is 11.8 Å². The molecule has 2 aromatic rings. The third-order valence-electron chi connectivity index (χ3n) is 3.74. The zero-order valence-corrected chi connectivity index (χ0v) is 13.8. The van der Waals surface area contributed by atoms with Crippen LogP contribution < -0.4 is 10.6 Å². The second-order valence-corrected chi connectivity index (χ2v) is 5.57. The van der Waals surface area contributed by atoms with Gasteiger partial charge >= 0.3 is 0 Å². The summed E-state index contributed by atoms with van der Waals surface area (Å²) in [5.74, 6) is -0.808. The number of rotatable bonds is 8. The maximum atomic E-state index is 12.8. The van der Waals surface area contributed by atoms with Crippen molar-refractivity contribution < 1.29 is 19.1 Å². The summed E-state index contributed by atoms with van der Waals surface area (Å²) < 4.78 is 12.8. The Balaban J connectivity index is 1.67. The van der Waals surface area contributed by atoms with Gasteiger partial charge in [-0.2, -0.15) is 0 Å². The molecule has 0 saturated heterocycles. The van der Waals surface area contributed by atoms with Gasteiger partial charge in [0.1, 0.15) is 5.82 Å². The van der Waals surface area contributed by atoms with Crippen molar-refractivity contribution in [3.8, 4) is 0 Å². The van der Waals surface area contributed by atoms with Crippen LogP contribution in [-0.4, -0.2) is 23.5 Å². The Morgan fingerprint density at radius 2 is 1.64 bits per heavy atom. The molecule has 2 amide bonds. The van der Waals surface area contributed by atoms with Crippen LogP contribution in [0.25, 0.3) is 0 Å². The summed E-state index contributed by atoms with van der Waals surface area (Å²) in [6, 6.07) is 12.6. The number of carbonyl (C=O) groups excluding carboxylic acids is 2. The molecule has 25 heavy (non-hydrogen) atoms. The molecule has 132 valence electrons. The number of nitrogens with one attached hydrogen (secondary N) is 2. The molecule has 0 heterocycles. The Kier molecular flexibility index (Phi) is 7.10. The highest BCUT2D eigenvalue weighted by Crippen LogP contribution is 2.08. The Morgan fingerprint density at radius 3 is 2.32 bits per heavy atom. The van der Waals surface area contributed by atoms with Crippen molar-refractivity contribution in [2.75, 3.05) is 6.54 Å². The van der Waals surface area contributed by atoms with Gasteiger partial charge in [-0.1, -0.05) is 24.3 Å². The molecule has 0 aliphatic carbocycles. The maximum absolute atomic E-state index is 12.8. The van der Waals surface area contributed by atoms with Crippen LogP contribution >= 0.6 is 0 Å². The summed E-state index contributed by atoms with van der Waals surface area (Å²) in [6.07, 6.45) is 0.783. The number of hydrogen-bond acceptors (Lipinski definition) is 3. The van der Waals surface area contributed by atoms with E-state index in [1.54, 1.807) is 0 Å². The molecule has 2 aromatic carbocycles. The number of aliphatic hydroxyl groups excluding tert-OH is 1. The number of aliphatic hydroxyl groups is 1. The van der Waals surface area contributed by atoms with Crippen LogP contribution in [0.15, 0.2) is 48.5 Å². The molecule has 0 radical (unpaired) electrons. The molecule has 0 spiro atoms. The molecule has 0 saturated carbocycles. The highest BCUT2D eigenvalue weighted by molar-refractivity contribution is 5.94. The van der Waals surface area contributed by atoms with Crippen molar-refractivity contribution in [1.29, 1.82) is 0 Å². The van der Waals surface area contributed by atoms with Crippen LogP contribution in [0.5, 0.6) is 0 Å². The predicted octanol–water partition coefficient (Wildman–Crippen LogP) is 2.14. The maximum Gasteiger partial charge on any atom is 0.251 e. The summed E-state index contributed by atoms with van der Waals surface area (Å²) in [5.41, 5.74) is 2.05. The van der Waals surface area contributed by atoms with E-state index in [4.69, 9.17) is 0 Å². The van der Waals surface area contributed by atoms with Gasteiger partial charge in [0, 0.05) is 25.1 Å². The van der Waals surface area contributed by atoms with Gasteiger partial charge < -0.3 is 15.7 Å². The van der Waals surface area contributed by atoms with Crippen molar-refractivity contribution in [2.24, 2.45) is 0 Å². The standard InChI is InChI=1S/C19H21FN2O3/c20-17-9-7-14(8-10-17)19(25)21-11-3-6-18(24)22-12-15-4-1-2-5-16(15)13-23/h1-2,4-5,7-10,23H,3,6,11-13H2,(H,21,25)(H,22,24). The zero-order chi connectivity index (χ0) is 18.1. The third-order valence-corrected chi connectivity index (χ3v) is 3.74. The first kappa shape index (κ1) is 18.6. The molecule has 0 fully saturated rings. The van der Waals surface area contributed by atoms with E-state index >= 15 is 0 Å². The van der Waals surface area contributed by atoms with E-state index in [1.807, 2.05) is 24.3 Å². The van der Waals surface area contributed by atoms with E-state index in [-0.39, 0.29) is 24.8 Å². The fraction of sp³-hybridized carbons (Fsp3) is 0.263. The van der Waals surface area contributed by atoms with Gasteiger partial charge in [0.15, 0.2) is 0 Å². The fourth-order valence-electron chi connectivity index (χ4n) is 2.32. The van der Waals surface area contributed by atoms with E-state index in [0.29, 0.717) is 25.1 Å². The Bertz CT molecular complexity index is 717. The van der Waals surface area contributed by atoms with E-state index in [0.717, 1.165) is 11.1 Å². The largest absolute Gasteiger partial charge is 0.392 e. The lowest BCUT2D eigenvalue weighted by atomic mass is 10.1. The lowest BCUT2D eigenvalue weighted by molar-refractivity contribution is -0.121. The van der Waals surface area contributed by atoms with Crippen molar-refractivity contribution in [2.45, 2.75) is 26.0 Å². The quantitative estimate of drug-likeness (QED) is 0.642. The zero-order valence-electron chi connectivity index (χ0n) is 13.8. The SMILES string of the molecule is O=C(CCCNC(=O)c1ccc(F)cc1)NCc1ccccc1CO. The van der Waals surface area contributed by atoms with Gasteiger partial charge in [-0.3, -0.25) is 9.59 Å². The van der Waals surface area contributed by atoms with Gasteiger partial charge in [0.25, 0.3) is 5.91 Å². The summed E-state index contributed by atoms with van der Waals surface area (Å²) in [5, 5.41) is 14.7. The molecule has 0 atom stereocenters. The predicted molar refractivity (Wildman–Crippen MR) is 92.2 cm³/mol. The number of halogens is 1. The van der Waals surface area contributed by atoms with Crippen LogP contribution in [-0.2, 0) is 17.9 Å². The Labute approximate surface area is 145 Å². The van der Waals surface area contributed by atoms with Crippen LogP contribution in [0.2, 0.25) is 0 Å². The smallest absolute Gasteiger partial charge is 0.251 e. The second-order valence-electron chi connectivity index (χ2n) is 5.57. The van der Waals surface area contributed by atoms with Gasteiger partial charge in [-0.05, 0) is 41.8 Å². The van der Waals surface area contributed by atoms with Crippen molar-refractivity contribution in [3.05, 3.63) is 71.0 Å². The molecule has 2 rings (SSSR count). The average molecular weight is 344 g/mol. The van der Waals surface area contributed by atoms with Crippen LogP contribution in [0, 0.1) is 5.82 Å². The van der Waals surface area contributed by atoms with Crippen molar-refractivity contribution in [3.63, 3.8) is 0 Å². The minimum absolute atomic E-state index is 0.0680. The molecule has 6 heteroatoms. The molecule has 0 aromatic heterocycles. The molecular formula is C19H21FN2O3. The molecule has 3 N–H and O–H groups in total. The topological polar surface area (TPSA) is 78.4 Å². The summed E-state index contributed by atoms with van der Waals surface area (Å²) in [7, 11) is 0. The Hall–Kier alpha value is -2.73. The summed E-state index contributed by atoms with van der Waals surface area (Å²) >= 11 is 0. The number of benzene rings is 2. The first-order chi connectivity index (χ1) is 12.1. The number of carbonyl (C=O) groups is 2. The van der Waals surface area contributed by atoms with Crippen LogP contribution in [0.3, 0.4) is 0 Å². The summed E-state index contributed by atoms with van der Waals surface area (Å²) in [4.78, 5) is 23.7. The molecule has 5 nitrogen and oxygen atoms in total. The molecule has 0 bridgehead atoms. The van der Waals surface area contributed by atoms with Gasteiger partial charge in [-0.15, -0.1) is 0 Å². The van der Waals surface area contributed by atoms with Gasteiger partial charge in [-0.25, -0.2) is 4.39 Å². The molecular weight excluding hydrogens is 323 g/mol. The number of hydrogen-bond donors (Lipinski definition) is 3. The van der Waals surface area contributed by atoms with Crippen LogP contribution in [0.1, 0.15) is 34.3 Å². The van der Waals surface area contributed by atoms with Gasteiger partial charge in [0.05, 0.1) is 6.61 Å². The normalized spacial score (nSPS) is 10.3. The lowest BCUT2D eigenvalue weighted by Crippen LogP contribution is -2.27. The molecule has 0 unspecified atom stereocenters. The van der Waals surface area contributed by atoms with Crippen molar-refractivity contribution in [1.82, 2.24) is 10.6 Å². The second kappa shape index (κ2) is 9.54. The summed E-state index contributed by atoms with van der Waals surface area (Å²) in [6.45, 7) is 0.649. The van der Waals surface area contributed by atoms with E-state index < -0.39 is 5.82 Å². The van der Waals surface area contributed by atoms with E-state index in [2.05, 4.69) is 10.6 Å². The minimum Gasteiger partial charge on any atom is -0.392 e. The average Bonchev–Trinajstić information content (AvgIpc) is 2.64. The third kappa shape index (κ3) is 6.00. The van der Waals surface area contributed by atoms with Gasteiger partial charge in [0.2, 0.25) is 5.91 Å². The highest BCUT2D eigenvalue weighted by Gasteiger charge is 2.07. The Morgan fingerprint density at radius 1 is 0.960 bits per heavy atom. The number of amides is 2. The minimum atomic E-state index is -0.393. The van der Waals surface area contributed by atoms with E-state index in [9.17, 15) is 19.1 Å². The monoisotopic (exact) mass is 344 g/mol.